The molecule has 150 valence electrons. The first-order valence-electron chi connectivity index (χ1n) is 9.45. The number of benzene rings is 2. The summed E-state index contributed by atoms with van der Waals surface area (Å²) in [5, 5.41) is 14.1. The van der Waals surface area contributed by atoms with Crippen LogP contribution in [-0.2, 0) is 19.7 Å². The van der Waals surface area contributed by atoms with E-state index in [1.54, 1.807) is 64.1 Å². The summed E-state index contributed by atoms with van der Waals surface area (Å²) in [6.07, 6.45) is 0. The normalized spacial score (nSPS) is 13.3. The Kier molecular flexibility index (Phi) is 7.27. The average molecular weight is 391 g/mol. The van der Waals surface area contributed by atoms with E-state index in [1.165, 1.54) is 0 Å². The number of anilines is 1. The summed E-state index contributed by atoms with van der Waals surface area (Å²) in [4.78, 5) is 24.7. The van der Waals surface area contributed by atoms with Gasteiger partial charge in [0.1, 0.15) is 5.71 Å². The molecule has 6 heteroatoms. The standard InChI is InChI=1S/C23H25N3O3/c1-5-29-22(28)17(4)25-26-20-13-11-19(12-14-20)23(15-24,21(27)16(2)3)18-9-7-6-8-10-18/h6-14,16,26H,5H2,1-4H3/b25-17-/t23-/m1/s1. The largest absolute Gasteiger partial charge is 0.461 e. The maximum absolute atomic E-state index is 13.1. The van der Waals surface area contributed by atoms with Crippen LogP contribution in [0.15, 0.2) is 59.7 Å². The third-order valence-electron chi connectivity index (χ3n) is 4.51. The summed E-state index contributed by atoms with van der Waals surface area (Å²) in [5.74, 6) is -0.973. The number of nitrogens with one attached hydrogen (secondary N) is 1. The van der Waals surface area contributed by atoms with Crippen molar-refractivity contribution in [2.45, 2.75) is 33.1 Å². The van der Waals surface area contributed by atoms with Gasteiger partial charge in [-0.1, -0.05) is 56.3 Å². The van der Waals surface area contributed by atoms with Gasteiger partial charge in [0.05, 0.1) is 18.4 Å². The summed E-state index contributed by atoms with van der Waals surface area (Å²) in [6, 6.07) is 18.2. The number of hydrazone groups is 1. The van der Waals surface area contributed by atoms with Crippen LogP contribution in [0.1, 0.15) is 38.8 Å². The molecular formula is C23H25N3O3. The van der Waals surface area contributed by atoms with Crippen molar-refractivity contribution in [3.63, 3.8) is 0 Å². The van der Waals surface area contributed by atoms with Crippen LogP contribution >= 0.6 is 0 Å². The molecule has 0 saturated carbocycles. The summed E-state index contributed by atoms with van der Waals surface area (Å²) in [6.45, 7) is 7.14. The maximum Gasteiger partial charge on any atom is 0.354 e. The third-order valence-corrected chi connectivity index (χ3v) is 4.51. The van der Waals surface area contributed by atoms with E-state index in [4.69, 9.17) is 4.74 Å². The Morgan fingerprint density at radius 1 is 1.10 bits per heavy atom. The molecule has 2 aromatic carbocycles. The van der Waals surface area contributed by atoms with Gasteiger partial charge in [-0.25, -0.2) is 4.79 Å². The Hall–Kier alpha value is -3.46. The number of ether oxygens (including phenoxy) is 1. The molecule has 0 aromatic heterocycles. The topological polar surface area (TPSA) is 91.5 Å². The first kappa shape index (κ1) is 21.8. The minimum Gasteiger partial charge on any atom is -0.461 e. The van der Waals surface area contributed by atoms with Gasteiger partial charge in [-0.05, 0) is 37.1 Å². The summed E-state index contributed by atoms with van der Waals surface area (Å²) in [7, 11) is 0. The molecule has 0 fully saturated rings. The molecule has 0 spiro atoms. The number of ketones is 1. The van der Waals surface area contributed by atoms with Gasteiger partial charge in [-0.3, -0.25) is 10.2 Å². The molecule has 2 aromatic rings. The first-order chi connectivity index (χ1) is 13.9. The van der Waals surface area contributed by atoms with Crippen LogP contribution in [-0.4, -0.2) is 24.1 Å². The molecule has 0 radical (unpaired) electrons. The number of hydrogen-bond acceptors (Lipinski definition) is 6. The number of hydrogen-bond donors (Lipinski definition) is 1. The van der Waals surface area contributed by atoms with Crippen LogP contribution in [0, 0.1) is 17.2 Å². The number of esters is 1. The third kappa shape index (κ3) is 4.69. The number of carbonyl (C=O) groups excluding carboxylic acids is 2. The molecule has 0 aliphatic carbocycles. The lowest BCUT2D eigenvalue weighted by molar-refractivity contribution is -0.135. The fourth-order valence-electron chi connectivity index (χ4n) is 2.98. The van der Waals surface area contributed by atoms with E-state index < -0.39 is 11.4 Å². The van der Waals surface area contributed by atoms with Gasteiger partial charge in [0.2, 0.25) is 0 Å². The van der Waals surface area contributed by atoms with E-state index in [0.29, 0.717) is 16.8 Å². The van der Waals surface area contributed by atoms with Gasteiger partial charge < -0.3 is 4.74 Å². The molecule has 1 atom stereocenters. The molecule has 0 aliphatic rings. The van der Waals surface area contributed by atoms with Gasteiger partial charge in [0.25, 0.3) is 0 Å². The Labute approximate surface area is 171 Å². The van der Waals surface area contributed by atoms with Gasteiger partial charge in [0, 0.05) is 5.92 Å². The number of nitriles is 1. The molecular weight excluding hydrogens is 366 g/mol. The van der Waals surface area contributed by atoms with Gasteiger partial charge in [0.15, 0.2) is 11.2 Å². The molecule has 0 aliphatic heterocycles. The number of carbonyl (C=O) groups is 2. The molecule has 6 nitrogen and oxygen atoms in total. The van der Waals surface area contributed by atoms with E-state index in [0.717, 1.165) is 0 Å². The summed E-state index contributed by atoms with van der Waals surface area (Å²) < 4.78 is 4.88. The number of nitrogens with zero attached hydrogens (tertiary/aromatic N) is 2. The second-order valence-electron chi connectivity index (χ2n) is 6.85. The van der Waals surface area contributed by atoms with Gasteiger partial charge in [-0.2, -0.15) is 10.4 Å². The van der Waals surface area contributed by atoms with E-state index >= 15 is 0 Å². The summed E-state index contributed by atoms with van der Waals surface area (Å²) in [5.41, 5.74) is 3.44. The van der Waals surface area contributed by atoms with Crippen molar-refractivity contribution in [2.24, 2.45) is 11.0 Å². The predicted octanol–water partition coefficient (Wildman–Crippen LogP) is 4.07. The van der Waals surface area contributed by atoms with Crippen LogP contribution in [0.3, 0.4) is 0 Å². The van der Waals surface area contributed by atoms with Crippen molar-refractivity contribution in [3.05, 3.63) is 65.7 Å². The monoisotopic (exact) mass is 391 g/mol. The first-order valence-corrected chi connectivity index (χ1v) is 9.45. The van der Waals surface area contributed by atoms with Crippen molar-refractivity contribution >= 4 is 23.2 Å². The Morgan fingerprint density at radius 2 is 1.69 bits per heavy atom. The highest BCUT2D eigenvalue weighted by molar-refractivity contribution is 6.35. The lowest BCUT2D eigenvalue weighted by Crippen LogP contribution is -2.38. The molecule has 29 heavy (non-hydrogen) atoms. The predicted molar refractivity (Wildman–Crippen MR) is 112 cm³/mol. The molecule has 1 N–H and O–H groups in total. The minimum absolute atomic E-state index is 0.164. The zero-order valence-corrected chi connectivity index (χ0v) is 17.1. The Balaban J connectivity index is 2.40. The van der Waals surface area contributed by atoms with Crippen molar-refractivity contribution in [1.82, 2.24) is 0 Å². The second-order valence-corrected chi connectivity index (χ2v) is 6.85. The minimum atomic E-state index is -1.39. The fourth-order valence-corrected chi connectivity index (χ4v) is 2.98. The van der Waals surface area contributed by atoms with Gasteiger partial charge >= 0.3 is 5.97 Å². The van der Waals surface area contributed by atoms with Crippen molar-refractivity contribution in [2.75, 3.05) is 12.0 Å². The molecule has 2 rings (SSSR count). The van der Waals surface area contributed by atoms with Gasteiger partial charge in [-0.15, -0.1) is 0 Å². The van der Waals surface area contributed by atoms with Crippen molar-refractivity contribution in [3.8, 4) is 6.07 Å². The van der Waals surface area contributed by atoms with Crippen LogP contribution in [0.4, 0.5) is 5.69 Å². The van der Waals surface area contributed by atoms with Crippen LogP contribution in [0.2, 0.25) is 0 Å². The lowest BCUT2D eigenvalue weighted by Gasteiger charge is -2.28. The van der Waals surface area contributed by atoms with Crippen molar-refractivity contribution in [1.29, 1.82) is 5.26 Å². The molecule has 0 saturated heterocycles. The maximum atomic E-state index is 13.1. The van der Waals surface area contributed by atoms with E-state index in [1.807, 2.05) is 18.2 Å². The van der Waals surface area contributed by atoms with Crippen LogP contribution < -0.4 is 5.43 Å². The number of rotatable bonds is 8. The highest BCUT2D eigenvalue weighted by Gasteiger charge is 2.43. The van der Waals surface area contributed by atoms with Crippen molar-refractivity contribution < 1.29 is 14.3 Å². The zero-order valence-electron chi connectivity index (χ0n) is 17.1. The smallest absolute Gasteiger partial charge is 0.354 e. The Morgan fingerprint density at radius 3 is 2.21 bits per heavy atom. The summed E-state index contributed by atoms with van der Waals surface area (Å²) >= 11 is 0. The highest BCUT2D eigenvalue weighted by Crippen LogP contribution is 2.35. The SMILES string of the molecule is CCOC(=O)/C(C)=N\Nc1ccc([C@](C#N)(C(=O)C(C)C)c2ccccc2)cc1. The zero-order chi connectivity index (χ0) is 21.4. The quantitative estimate of drug-likeness (QED) is 0.416. The molecule has 0 bridgehead atoms. The lowest BCUT2D eigenvalue weighted by atomic mass is 9.69. The highest BCUT2D eigenvalue weighted by atomic mass is 16.5. The van der Waals surface area contributed by atoms with E-state index in [2.05, 4.69) is 16.6 Å². The second kappa shape index (κ2) is 9.65. The van der Waals surface area contributed by atoms with Crippen LogP contribution in [0.5, 0.6) is 0 Å². The van der Waals surface area contributed by atoms with E-state index in [-0.39, 0.29) is 24.0 Å². The fraction of sp³-hybridized carbons (Fsp3) is 0.304. The number of Topliss-reactive ketones (excluding diaryl/α,β-unsaturated/α-hetero) is 1. The molecule has 0 heterocycles. The average Bonchev–Trinajstić information content (AvgIpc) is 2.74. The molecule has 0 amide bonds. The van der Waals surface area contributed by atoms with Crippen LogP contribution in [0.25, 0.3) is 0 Å². The Bertz CT molecular complexity index is 928. The van der Waals surface area contributed by atoms with E-state index in [9.17, 15) is 14.9 Å². The molecule has 0 unspecified atom stereocenters.